The van der Waals surface area contributed by atoms with Gasteiger partial charge in [0, 0.05) is 17.0 Å². The minimum absolute atomic E-state index is 0.451. The molecule has 1 aliphatic carbocycles. The van der Waals surface area contributed by atoms with E-state index >= 15 is 0 Å². The van der Waals surface area contributed by atoms with Crippen LogP contribution in [0.25, 0.3) is 0 Å². The summed E-state index contributed by atoms with van der Waals surface area (Å²) in [5, 5.41) is 12.6. The third-order valence-electron chi connectivity index (χ3n) is 3.57. The second-order valence-corrected chi connectivity index (χ2v) is 6.88. The van der Waals surface area contributed by atoms with Crippen molar-refractivity contribution in [3.8, 4) is 6.07 Å². The molecule has 0 heterocycles. The minimum Gasteiger partial charge on any atom is -0.297 e. The van der Waals surface area contributed by atoms with Gasteiger partial charge in [-0.2, -0.15) is 5.26 Å². The lowest BCUT2D eigenvalue weighted by Crippen LogP contribution is -2.42. The summed E-state index contributed by atoms with van der Waals surface area (Å²) in [6.07, 6.45) is 4.95. The van der Waals surface area contributed by atoms with Crippen molar-refractivity contribution in [2.75, 3.05) is 5.75 Å². The number of nitriles is 1. The molecule has 0 radical (unpaired) electrons. The van der Waals surface area contributed by atoms with Crippen LogP contribution in [0.15, 0.2) is 23.1 Å². The molecule has 1 aromatic carbocycles. The zero-order valence-electron chi connectivity index (χ0n) is 12.2. The van der Waals surface area contributed by atoms with Crippen LogP contribution < -0.4 is 5.32 Å². The van der Waals surface area contributed by atoms with Crippen molar-refractivity contribution >= 4 is 11.8 Å². The SMILES string of the molecule is CC(C#N)(CCCCSc1ccc(F)cc1F)NC1CC1. The Morgan fingerprint density at radius 2 is 2.14 bits per heavy atom. The Bertz CT molecular complexity index is 525. The molecule has 0 aromatic heterocycles. The van der Waals surface area contributed by atoms with Crippen LogP contribution in [0.4, 0.5) is 8.78 Å². The van der Waals surface area contributed by atoms with Crippen LogP contribution >= 0.6 is 11.8 Å². The van der Waals surface area contributed by atoms with Gasteiger partial charge < -0.3 is 0 Å². The summed E-state index contributed by atoms with van der Waals surface area (Å²) >= 11 is 1.40. The van der Waals surface area contributed by atoms with E-state index < -0.39 is 17.2 Å². The molecule has 2 nitrogen and oxygen atoms in total. The number of nitrogens with zero attached hydrogens (tertiary/aromatic N) is 1. The number of benzene rings is 1. The Morgan fingerprint density at radius 1 is 1.38 bits per heavy atom. The van der Waals surface area contributed by atoms with Gasteiger partial charge in [-0.1, -0.05) is 0 Å². The Balaban J connectivity index is 1.68. The van der Waals surface area contributed by atoms with Gasteiger partial charge in [0.1, 0.15) is 17.2 Å². The van der Waals surface area contributed by atoms with Gasteiger partial charge in [-0.3, -0.25) is 5.32 Å². The Labute approximate surface area is 128 Å². The van der Waals surface area contributed by atoms with Gasteiger partial charge >= 0.3 is 0 Å². The number of thioether (sulfide) groups is 1. The molecule has 1 fully saturated rings. The van der Waals surface area contributed by atoms with Crippen LogP contribution in [0, 0.1) is 23.0 Å². The first-order valence-corrected chi connectivity index (χ1v) is 8.28. The van der Waals surface area contributed by atoms with Crippen LogP contribution in [-0.2, 0) is 0 Å². The highest BCUT2D eigenvalue weighted by atomic mass is 32.2. The Hall–Kier alpha value is -1.12. The van der Waals surface area contributed by atoms with E-state index in [0.29, 0.717) is 10.9 Å². The van der Waals surface area contributed by atoms with E-state index in [9.17, 15) is 14.0 Å². The largest absolute Gasteiger partial charge is 0.297 e. The first kappa shape index (κ1) is 16.3. The Kier molecular flexibility index (Phi) is 5.60. The first-order valence-electron chi connectivity index (χ1n) is 7.29. The number of unbranched alkanes of at least 4 members (excludes halogenated alkanes) is 1. The quantitative estimate of drug-likeness (QED) is 0.575. The van der Waals surface area contributed by atoms with Crippen LogP contribution in [0.3, 0.4) is 0 Å². The summed E-state index contributed by atoms with van der Waals surface area (Å²) in [6, 6.07) is 6.53. The maximum absolute atomic E-state index is 13.4. The fourth-order valence-corrected chi connectivity index (χ4v) is 3.12. The molecule has 21 heavy (non-hydrogen) atoms. The molecule has 0 aliphatic heterocycles. The van der Waals surface area contributed by atoms with Crippen LogP contribution in [0.5, 0.6) is 0 Å². The summed E-state index contributed by atoms with van der Waals surface area (Å²) in [6.45, 7) is 1.94. The van der Waals surface area contributed by atoms with Gasteiger partial charge in [-0.25, -0.2) is 8.78 Å². The zero-order chi connectivity index (χ0) is 15.3. The van der Waals surface area contributed by atoms with E-state index in [0.717, 1.165) is 43.9 Å². The monoisotopic (exact) mass is 310 g/mol. The smallest absolute Gasteiger partial charge is 0.139 e. The molecule has 1 N–H and O–H groups in total. The normalized spacial score (nSPS) is 17.2. The van der Waals surface area contributed by atoms with Crippen molar-refractivity contribution in [3.05, 3.63) is 29.8 Å². The number of hydrogen-bond donors (Lipinski definition) is 1. The molecule has 5 heteroatoms. The molecule has 0 saturated heterocycles. The zero-order valence-corrected chi connectivity index (χ0v) is 13.0. The first-order chi connectivity index (χ1) is 10.0. The number of rotatable bonds is 8. The second-order valence-electron chi connectivity index (χ2n) is 5.74. The molecule has 114 valence electrons. The lowest BCUT2D eigenvalue weighted by molar-refractivity contribution is 0.402. The van der Waals surface area contributed by atoms with Gasteiger partial charge in [0.25, 0.3) is 0 Å². The maximum Gasteiger partial charge on any atom is 0.139 e. The number of nitrogens with one attached hydrogen (secondary N) is 1. The van der Waals surface area contributed by atoms with E-state index in [4.69, 9.17) is 0 Å². The van der Waals surface area contributed by atoms with E-state index in [-0.39, 0.29) is 0 Å². The van der Waals surface area contributed by atoms with Gasteiger partial charge in [-0.15, -0.1) is 11.8 Å². The topological polar surface area (TPSA) is 35.8 Å². The highest BCUT2D eigenvalue weighted by Gasteiger charge is 2.31. The number of hydrogen-bond acceptors (Lipinski definition) is 3. The molecule has 1 atom stereocenters. The molecule has 1 saturated carbocycles. The summed E-state index contributed by atoms with van der Waals surface area (Å²) in [4.78, 5) is 0.482. The summed E-state index contributed by atoms with van der Waals surface area (Å²) < 4.78 is 26.2. The molecular weight excluding hydrogens is 290 g/mol. The average molecular weight is 310 g/mol. The van der Waals surface area contributed by atoms with Gasteiger partial charge in [0.05, 0.1) is 6.07 Å². The third kappa shape index (κ3) is 5.29. The molecule has 0 spiro atoms. The van der Waals surface area contributed by atoms with Crippen molar-refractivity contribution < 1.29 is 8.78 Å². The van der Waals surface area contributed by atoms with Crippen LogP contribution in [0.2, 0.25) is 0 Å². The van der Waals surface area contributed by atoms with Crippen LogP contribution in [0.1, 0.15) is 39.0 Å². The minimum atomic E-state index is -0.548. The highest BCUT2D eigenvalue weighted by Crippen LogP contribution is 2.26. The lowest BCUT2D eigenvalue weighted by Gasteiger charge is -2.23. The molecular formula is C16H20F2N2S. The molecule has 1 unspecified atom stereocenters. The predicted molar refractivity (Wildman–Crippen MR) is 81.1 cm³/mol. The van der Waals surface area contributed by atoms with Crippen molar-refractivity contribution in [2.45, 2.75) is 55.5 Å². The van der Waals surface area contributed by atoms with Gasteiger partial charge in [0.15, 0.2) is 0 Å². The maximum atomic E-state index is 13.4. The lowest BCUT2D eigenvalue weighted by atomic mass is 9.96. The van der Waals surface area contributed by atoms with Crippen LogP contribution in [-0.4, -0.2) is 17.3 Å². The second kappa shape index (κ2) is 7.24. The van der Waals surface area contributed by atoms with Crippen molar-refractivity contribution in [1.82, 2.24) is 5.32 Å². The van der Waals surface area contributed by atoms with Gasteiger partial charge in [0.2, 0.25) is 0 Å². The standard InChI is InChI=1S/C16H20F2N2S/c1-16(11-19,20-13-5-6-13)8-2-3-9-21-15-7-4-12(17)10-14(15)18/h4,7,10,13,20H,2-3,5-6,8-9H2,1H3. The molecule has 1 aliphatic rings. The summed E-state index contributed by atoms with van der Waals surface area (Å²) in [5.41, 5.74) is -0.451. The molecule has 0 bridgehead atoms. The highest BCUT2D eigenvalue weighted by molar-refractivity contribution is 7.99. The van der Waals surface area contributed by atoms with E-state index in [1.807, 2.05) is 6.92 Å². The third-order valence-corrected chi connectivity index (χ3v) is 4.70. The molecule has 1 aromatic rings. The Morgan fingerprint density at radius 3 is 2.76 bits per heavy atom. The van der Waals surface area contributed by atoms with Crippen molar-refractivity contribution in [1.29, 1.82) is 5.26 Å². The fraction of sp³-hybridized carbons (Fsp3) is 0.562. The van der Waals surface area contributed by atoms with Gasteiger partial charge in [-0.05, 0) is 56.9 Å². The number of halogens is 2. The fourth-order valence-electron chi connectivity index (χ4n) is 2.19. The van der Waals surface area contributed by atoms with Crippen molar-refractivity contribution in [3.63, 3.8) is 0 Å². The summed E-state index contributed by atoms with van der Waals surface area (Å²) in [5.74, 6) is -0.280. The average Bonchev–Trinajstić information content (AvgIpc) is 3.24. The molecule has 0 amide bonds. The predicted octanol–water partition coefficient (Wildman–Crippen LogP) is 4.26. The summed E-state index contributed by atoms with van der Waals surface area (Å²) in [7, 11) is 0. The van der Waals surface area contributed by atoms with E-state index in [1.165, 1.54) is 23.9 Å². The molecule has 2 rings (SSSR count). The van der Waals surface area contributed by atoms with E-state index in [1.54, 1.807) is 0 Å². The van der Waals surface area contributed by atoms with E-state index in [2.05, 4.69) is 11.4 Å². The van der Waals surface area contributed by atoms with Crippen molar-refractivity contribution in [2.24, 2.45) is 0 Å².